The van der Waals surface area contributed by atoms with Gasteiger partial charge in [-0.3, -0.25) is 0 Å². The second kappa shape index (κ2) is 5.13. The minimum absolute atomic E-state index is 0.358. The lowest BCUT2D eigenvalue weighted by atomic mass is 9.96. The van der Waals surface area contributed by atoms with Crippen molar-refractivity contribution in [2.24, 2.45) is 0 Å². The van der Waals surface area contributed by atoms with Gasteiger partial charge in [0.05, 0.1) is 10.7 Å². The number of rotatable bonds is 3. The number of nitrogens with zero attached hydrogens (tertiary/aromatic N) is 1. The van der Waals surface area contributed by atoms with Gasteiger partial charge in [0.25, 0.3) is 0 Å². The van der Waals surface area contributed by atoms with Gasteiger partial charge in [-0.1, -0.05) is 17.7 Å². The molecule has 2 aromatic rings. The second-order valence-corrected chi connectivity index (χ2v) is 6.07. The summed E-state index contributed by atoms with van der Waals surface area (Å²) >= 11 is 1.25. The van der Waals surface area contributed by atoms with Gasteiger partial charge in [-0.15, -0.1) is 11.3 Å². The highest BCUT2D eigenvalue weighted by molar-refractivity contribution is 7.13. The predicted octanol–water partition coefficient (Wildman–Crippen LogP) is 3.67. The SMILES string of the molecule is Cc1cc(C)c(Cc2nc(C)sc2C(=O)O)c(C)c1. The van der Waals surface area contributed by atoms with Gasteiger partial charge in [0.15, 0.2) is 0 Å². The van der Waals surface area contributed by atoms with Gasteiger partial charge >= 0.3 is 5.97 Å². The van der Waals surface area contributed by atoms with Crippen molar-refractivity contribution in [3.8, 4) is 0 Å². The van der Waals surface area contributed by atoms with Crippen LogP contribution in [-0.4, -0.2) is 16.1 Å². The Bertz CT molecular complexity index is 621. The Balaban J connectivity index is 2.45. The first-order valence-electron chi connectivity index (χ1n) is 6.15. The fourth-order valence-electron chi connectivity index (χ4n) is 2.41. The number of carboxylic acid groups (broad SMARTS) is 1. The van der Waals surface area contributed by atoms with Crippen molar-refractivity contribution in [2.45, 2.75) is 34.1 Å². The molecule has 0 radical (unpaired) electrons. The fourth-order valence-corrected chi connectivity index (χ4v) is 3.19. The Labute approximate surface area is 116 Å². The molecule has 0 atom stereocenters. The van der Waals surface area contributed by atoms with Crippen molar-refractivity contribution in [1.29, 1.82) is 0 Å². The highest BCUT2D eigenvalue weighted by Crippen LogP contribution is 2.24. The number of aryl methyl sites for hydroxylation is 4. The molecule has 100 valence electrons. The van der Waals surface area contributed by atoms with Crippen molar-refractivity contribution in [1.82, 2.24) is 4.98 Å². The lowest BCUT2D eigenvalue weighted by Gasteiger charge is -2.10. The summed E-state index contributed by atoms with van der Waals surface area (Å²) < 4.78 is 0. The highest BCUT2D eigenvalue weighted by atomic mass is 32.1. The van der Waals surface area contributed by atoms with Gasteiger partial charge in [0, 0.05) is 6.42 Å². The largest absolute Gasteiger partial charge is 0.477 e. The van der Waals surface area contributed by atoms with Gasteiger partial charge in [-0.05, 0) is 44.4 Å². The molecule has 0 unspecified atom stereocenters. The number of hydrogen-bond acceptors (Lipinski definition) is 3. The third-order valence-corrected chi connectivity index (χ3v) is 4.18. The molecule has 0 aliphatic heterocycles. The standard InChI is InChI=1S/C15H17NO2S/c1-8-5-9(2)12(10(3)6-8)7-13-14(15(17)18)19-11(4)16-13/h5-6H,7H2,1-4H3,(H,17,18). The molecule has 1 aromatic heterocycles. The van der Waals surface area contributed by atoms with Crippen LogP contribution in [0.5, 0.6) is 0 Å². The summed E-state index contributed by atoms with van der Waals surface area (Å²) in [7, 11) is 0. The molecule has 0 fully saturated rings. The van der Waals surface area contributed by atoms with Crippen molar-refractivity contribution in [3.63, 3.8) is 0 Å². The lowest BCUT2D eigenvalue weighted by Crippen LogP contribution is -2.03. The number of carbonyl (C=O) groups is 1. The van der Waals surface area contributed by atoms with Gasteiger partial charge in [0.2, 0.25) is 0 Å². The first kappa shape index (κ1) is 13.7. The summed E-state index contributed by atoms with van der Waals surface area (Å²) in [6.07, 6.45) is 0.587. The molecule has 0 bridgehead atoms. The summed E-state index contributed by atoms with van der Waals surface area (Å²) in [6.45, 7) is 8.04. The van der Waals surface area contributed by atoms with Gasteiger partial charge in [-0.25, -0.2) is 9.78 Å². The van der Waals surface area contributed by atoms with E-state index >= 15 is 0 Å². The maximum absolute atomic E-state index is 11.2. The molecule has 0 aliphatic carbocycles. The number of hydrogen-bond donors (Lipinski definition) is 1. The third kappa shape index (κ3) is 2.84. The van der Waals surface area contributed by atoms with Crippen LogP contribution in [0.3, 0.4) is 0 Å². The zero-order chi connectivity index (χ0) is 14.2. The van der Waals surface area contributed by atoms with Gasteiger partial charge in [0.1, 0.15) is 4.88 Å². The molecule has 0 amide bonds. The second-order valence-electron chi connectivity index (χ2n) is 4.87. The number of carboxylic acids is 1. The van der Waals surface area contributed by atoms with Crippen LogP contribution in [-0.2, 0) is 6.42 Å². The van der Waals surface area contributed by atoms with Crippen LogP contribution in [0.1, 0.15) is 42.6 Å². The summed E-state index contributed by atoms with van der Waals surface area (Å²) in [5.41, 5.74) is 5.47. The summed E-state index contributed by atoms with van der Waals surface area (Å²) in [4.78, 5) is 15.9. The van der Waals surface area contributed by atoms with Crippen LogP contribution in [0.4, 0.5) is 0 Å². The normalized spacial score (nSPS) is 10.7. The average molecular weight is 275 g/mol. The molecule has 0 saturated carbocycles. The molecule has 1 N–H and O–H groups in total. The topological polar surface area (TPSA) is 50.2 Å². The molecule has 1 heterocycles. The minimum Gasteiger partial charge on any atom is -0.477 e. The Morgan fingerprint density at radius 1 is 1.21 bits per heavy atom. The quantitative estimate of drug-likeness (QED) is 0.930. The Morgan fingerprint density at radius 3 is 2.32 bits per heavy atom. The molecular formula is C15H17NO2S. The number of aromatic nitrogens is 1. The molecule has 19 heavy (non-hydrogen) atoms. The van der Waals surface area contributed by atoms with E-state index in [9.17, 15) is 9.90 Å². The first-order valence-corrected chi connectivity index (χ1v) is 6.96. The number of thiazole rings is 1. The molecule has 0 spiro atoms. The maximum Gasteiger partial charge on any atom is 0.347 e. The van der Waals surface area contributed by atoms with Crippen LogP contribution < -0.4 is 0 Å². The van der Waals surface area contributed by atoms with E-state index in [0.717, 1.165) is 5.01 Å². The van der Waals surface area contributed by atoms with Gasteiger partial charge in [-0.2, -0.15) is 0 Å². The van der Waals surface area contributed by atoms with Crippen LogP contribution in [0, 0.1) is 27.7 Å². The first-order chi connectivity index (χ1) is 8.88. The Morgan fingerprint density at radius 2 is 1.79 bits per heavy atom. The van der Waals surface area contributed by atoms with E-state index in [4.69, 9.17) is 0 Å². The Kier molecular flexibility index (Phi) is 3.71. The highest BCUT2D eigenvalue weighted by Gasteiger charge is 2.17. The van der Waals surface area contributed by atoms with Crippen LogP contribution in [0.2, 0.25) is 0 Å². The molecule has 0 saturated heterocycles. The van der Waals surface area contributed by atoms with E-state index in [1.165, 1.54) is 33.6 Å². The smallest absolute Gasteiger partial charge is 0.347 e. The maximum atomic E-state index is 11.2. The summed E-state index contributed by atoms with van der Waals surface area (Å²) in [5, 5.41) is 10.0. The van der Waals surface area contributed by atoms with E-state index < -0.39 is 5.97 Å². The van der Waals surface area contributed by atoms with Crippen molar-refractivity contribution >= 4 is 17.3 Å². The van der Waals surface area contributed by atoms with Crippen LogP contribution in [0.25, 0.3) is 0 Å². The van der Waals surface area contributed by atoms with E-state index in [-0.39, 0.29) is 0 Å². The van der Waals surface area contributed by atoms with E-state index in [0.29, 0.717) is 17.0 Å². The Hall–Kier alpha value is -1.68. The molecule has 0 aliphatic rings. The van der Waals surface area contributed by atoms with Crippen molar-refractivity contribution in [3.05, 3.63) is 50.0 Å². The number of benzene rings is 1. The lowest BCUT2D eigenvalue weighted by molar-refractivity contribution is 0.0701. The zero-order valence-corrected chi connectivity index (χ0v) is 12.4. The van der Waals surface area contributed by atoms with Gasteiger partial charge < -0.3 is 5.11 Å². The summed E-state index contributed by atoms with van der Waals surface area (Å²) in [6, 6.07) is 4.25. The monoisotopic (exact) mass is 275 g/mol. The van der Waals surface area contributed by atoms with Crippen molar-refractivity contribution < 1.29 is 9.90 Å². The fraction of sp³-hybridized carbons (Fsp3) is 0.333. The van der Waals surface area contributed by atoms with Crippen LogP contribution >= 0.6 is 11.3 Å². The average Bonchev–Trinajstić information content (AvgIpc) is 2.65. The molecule has 3 nitrogen and oxygen atoms in total. The summed E-state index contributed by atoms with van der Waals surface area (Å²) in [5.74, 6) is -0.886. The van der Waals surface area contributed by atoms with E-state index in [2.05, 4.69) is 37.9 Å². The molecule has 4 heteroatoms. The zero-order valence-electron chi connectivity index (χ0n) is 11.6. The van der Waals surface area contributed by atoms with E-state index in [1.54, 1.807) is 0 Å². The van der Waals surface area contributed by atoms with Crippen molar-refractivity contribution in [2.75, 3.05) is 0 Å². The number of aromatic carboxylic acids is 1. The predicted molar refractivity (Wildman–Crippen MR) is 77.3 cm³/mol. The molecular weight excluding hydrogens is 258 g/mol. The molecule has 1 aromatic carbocycles. The third-order valence-electron chi connectivity index (χ3n) is 3.18. The van der Waals surface area contributed by atoms with Crippen LogP contribution in [0.15, 0.2) is 12.1 Å². The van der Waals surface area contributed by atoms with E-state index in [1.807, 2.05) is 6.92 Å². The minimum atomic E-state index is -0.886. The molecule has 2 rings (SSSR count).